The van der Waals surface area contributed by atoms with Crippen LogP contribution in [-0.4, -0.2) is 40.7 Å². The fourth-order valence-corrected chi connectivity index (χ4v) is 1.29. The van der Waals surface area contributed by atoms with Crippen molar-refractivity contribution in [2.45, 2.75) is 43.7 Å². The Labute approximate surface area is 81.8 Å². The second-order valence-electron chi connectivity index (χ2n) is 3.53. The highest BCUT2D eigenvalue weighted by atomic mass is 16.7. The predicted octanol–water partition coefficient (Wildman–Crippen LogP) is -1.39. The molecule has 0 amide bonds. The molecule has 0 saturated carbocycles. The van der Waals surface area contributed by atoms with E-state index >= 15 is 0 Å². The molecule has 4 atom stereocenters. The summed E-state index contributed by atoms with van der Waals surface area (Å²) in [5.41, 5.74) is 11.0. The van der Waals surface area contributed by atoms with Crippen molar-refractivity contribution in [3.8, 4) is 0 Å². The van der Waals surface area contributed by atoms with E-state index in [1.807, 2.05) is 0 Å². The van der Waals surface area contributed by atoms with Gasteiger partial charge >= 0.3 is 5.97 Å². The first kappa shape index (κ1) is 11.4. The number of ether oxygens (including phenoxy) is 1. The second-order valence-corrected chi connectivity index (χ2v) is 3.53. The minimum absolute atomic E-state index is 0.231. The Hall–Kier alpha value is -0.690. The molecule has 6 nitrogen and oxygen atoms in total. The van der Waals surface area contributed by atoms with Gasteiger partial charge in [0.1, 0.15) is 12.1 Å². The number of carbonyl (C=O) groups is 1. The zero-order valence-corrected chi connectivity index (χ0v) is 7.80. The van der Waals surface area contributed by atoms with E-state index in [2.05, 4.69) is 0 Å². The van der Waals surface area contributed by atoms with Crippen molar-refractivity contribution in [2.24, 2.45) is 11.5 Å². The number of nitrogens with two attached hydrogens (primary N) is 2. The molecule has 0 aliphatic carbocycles. The molecule has 0 spiro atoms. The van der Waals surface area contributed by atoms with Gasteiger partial charge in [-0.2, -0.15) is 0 Å². The number of carboxylic acid groups (broad SMARTS) is 1. The maximum Gasteiger partial charge on any atom is 0.320 e. The van der Waals surface area contributed by atoms with E-state index in [1.165, 1.54) is 0 Å². The van der Waals surface area contributed by atoms with E-state index in [4.69, 9.17) is 26.4 Å². The molecule has 1 heterocycles. The first-order chi connectivity index (χ1) is 6.52. The Morgan fingerprint density at radius 2 is 2.00 bits per heavy atom. The van der Waals surface area contributed by atoms with E-state index in [0.29, 0.717) is 19.3 Å². The Bertz CT molecular complexity index is 212. The maximum absolute atomic E-state index is 10.4. The van der Waals surface area contributed by atoms with E-state index in [1.54, 1.807) is 0 Å². The smallest absolute Gasteiger partial charge is 0.320 e. The van der Waals surface area contributed by atoms with Gasteiger partial charge in [0.05, 0.1) is 0 Å². The van der Waals surface area contributed by atoms with Crippen LogP contribution >= 0.6 is 0 Å². The van der Waals surface area contributed by atoms with Crippen molar-refractivity contribution in [3.63, 3.8) is 0 Å². The van der Waals surface area contributed by atoms with Crippen molar-refractivity contribution < 1.29 is 19.7 Å². The van der Waals surface area contributed by atoms with Gasteiger partial charge in [-0.3, -0.25) is 4.79 Å². The lowest BCUT2D eigenvalue weighted by Crippen LogP contribution is -2.32. The number of aliphatic hydroxyl groups excluding tert-OH is 1. The number of aliphatic hydroxyl groups is 1. The molecular weight excluding hydrogens is 188 g/mol. The summed E-state index contributed by atoms with van der Waals surface area (Å²) in [6.45, 7) is 0. The molecule has 0 radical (unpaired) electrons. The van der Waals surface area contributed by atoms with Crippen molar-refractivity contribution in [1.29, 1.82) is 0 Å². The molecule has 0 aromatic heterocycles. The van der Waals surface area contributed by atoms with Gasteiger partial charge in [0, 0.05) is 6.04 Å². The highest BCUT2D eigenvalue weighted by molar-refractivity contribution is 5.72. The van der Waals surface area contributed by atoms with Crippen LogP contribution in [0.3, 0.4) is 0 Å². The average molecular weight is 204 g/mol. The minimum atomic E-state index is -0.999. The quantitative estimate of drug-likeness (QED) is 0.395. The van der Waals surface area contributed by atoms with Gasteiger partial charge < -0.3 is 26.4 Å². The summed E-state index contributed by atoms with van der Waals surface area (Å²) >= 11 is 0. The third kappa shape index (κ3) is 3.22. The molecule has 1 saturated heterocycles. The van der Waals surface area contributed by atoms with Crippen LogP contribution in [0, 0.1) is 0 Å². The van der Waals surface area contributed by atoms with Gasteiger partial charge in [0.2, 0.25) is 0 Å². The van der Waals surface area contributed by atoms with Crippen molar-refractivity contribution in [3.05, 3.63) is 0 Å². The topological polar surface area (TPSA) is 122 Å². The Morgan fingerprint density at radius 1 is 1.43 bits per heavy atom. The molecule has 1 aliphatic rings. The number of aliphatic carboxylic acids is 1. The van der Waals surface area contributed by atoms with E-state index < -0.39 is 18.3 Å². The van der Waals surface area contributed by atoms with Gasteiger partial charge in [-0.25, -0.2) is 0 Å². The van der Waals surface area contributed by atoms with Gasteiger partial charge in [0.15, 0.2) is 6.29 Å². The molecule has 1 aliphatic heterocycles. The fourth-order valence-electron chi connectivity index (χ4n) is 1.29. The molecule has 1 rings (SSSR count). The third-order valence-electron chi connectivity index (χ3n) is 2.29. The zero-order chi connectivity index (χ0) is 10.7. The van der Waals surface area contributed by atoms with Crippen LogP contribution in [0.2, 0.25) is 0 Å². The van der Waals surface area contributed by atoms with E-state index in [9.17, 15) is 4.79 Å². The lowest BCUT2D eigenvalue weighted by molar-refractivity contribution is -0.138. The minimum Gasteiger partial charge on any atom is -0.480 e. The summed E-state index contributed by atoms with van der Waals surface area (Å²) in [5.74, 6) is -0.999. The van der Waals surface area contributed by atoms with E-state index in [-0.39, 0.29) is 12.1 Å². The molecule has 6 N–H and O–H groups in total. The van der Waals surface area contributed by atoms with Gasteiger partial charge in [-0.1, -0.05) is 0 Å². The summed E-state index contributed by atoms with van der Waals surface area (Å²) in [4.78, 5) is 10.4. The predicted molar refractivity (Wildman–Crippen MR) is 48.3 cm³/mol. The summed E-state index contributed by atoms with van der Waals surface area (Å²) in [6, 6.07) is -1.06. The van der Waals surface area contributed by atoms with Gasteiger partial charge in [-0.15, -0.1) is 0 Å². The molecule has 14 heavy (non-hydrogen) atoms. The number of epoxide rings is 1. The number of rotatable bonds is 6. The SMILES string of the molecule is N[C@@H](CCC[C@H](N)C1OC1O)C(=O)O. The summed E-state index contributed by atoms with van der Waals surface area (Å²) in [5, 5.41) is 17.4. The molecule has 82 valence electrons. The lowest BCUT2D eigenvalue weighted by atomic mass is 10.0. The van der Waals surface area contributed by atoms with Crippen LogP contribution in [0.15, 0.2) is 0 Å². The molecule has 2 unspecified atom stereocenters. The number of hydrogen-bond donors (Lipinski definition) is 4. The molecule has 1 fully saturated rings. The van der Waals surface area contributed by atoms with Crippen molar-refractivity contribution in [2.75, 3.05) is 0 Å². The lowest BCUT2D eigenvalue weighted by Gasteiger charge is -2.09. The summed E-state index contributed by atoms with van der Waals surface area (Å²) in [7, 11) is 0. The number of hydrogen-bond acceptors (Lipinski definition) is 5. The van der Waals surface area contributed by atoms with Crippen LogP contribution in [0.25, 0.3) is 0 Å². The largest absolute Gasteiger partial charge is 0.480 e. The fraction of sp³-hybridized carbons (Fsp3) is 0.875. The van der Waals surface area contributed by atoms with Crippen LogP contribution < -0.4 is 11.5 Å². The van der Waals surface area contributed by atoms with Crippen LogP contribution in [0.4, 0.5) is 0 Å². The van der Waals surface area contributed by atoms with Crippen molar-refractivity contribution in [1.82, 2.24) is 0 Å². The average Bonchev–Trinajstić information content (AvgIpc) is 2.82. The molecule has 0 aromatic carbocycles. The Kier molecular flexibility index (Phi) is 3.82. The van der Waals surface area contributed by atoms with Crippen LogP contribution in [0.1, 0.15) is 19.3 Å². The van der Waals surface area contributed by atoms with Crippen LogP contribution in [0.5, 0.6) is 0 Å². The second kappa shape index (κ2) is 4.70. The standard InChI is InChI=1S/C8H16N2O4/c9-4(6-8(13)14-6)2-1-3-5(10)7(11)12/h4-6,8,13H,1-3,9-10H2,(H,11,12)/t4-,5-,6?,8?/m0/s1. The number of carboxylic acids is 1. The Morgan fingerprint density at radius 3 is 2.43 bits per heavy atom. The van der Waals surface area contributed by atoms with Crippen LogP contribution in [-0.2, 0) is 9.53 Å². The first-order valence-electron chi connectivity index (χ1n) is 4.60. The maximum atomic E-state index is 10.4. The third-order valence-corrected chi connectivity index (χ3v) is 2.29. The highest BCUT2D eigenvalue weighted by Crippen LogP contribution is 2.23. The summed E-state index contributed by atoms with van der Waals surface area (Å²) < 4.78 is 4.77. The van der Waals surface area contributed by atoms with E-state index in [0.717, 1.165) is 0 Å². The molecule has 0 aromatic rings. The monoisotopic (exact) mass is 204 g/mol. The molecule has 6 heteroatoms. The normalized spacial score (nSPS) is 29.6. The first-order valence-corrected chi connectivity index (χ1v) is 4.60. The van der Waals surface area contributed by atoms with Gasteiger partial charge in [-0.05, 0) is 19.3 Å². The Balaban J connectivity index is 2.06. The van der Waals surface area contributed by atoms with Crippen molar-refractivity contribution >= 4 is 5.97 Å². The zero-order valence-electron chi connectivity index (χ0n) is 7.80. The summed E-state index contributed by atoms with van der Waals surface area (Å²) in [6.07, 6.45) is 0.615. The highest BCUT2D eigenvalue weighted by Gasteiger charge is 2.41. The molecule has 0 bridgehead atoms. The van der Waals surface area contributed by atoms with Gasteiger partial charge in [0.25, 0.3) is 0 Å². The molecular formula is C8H16N2O4.